The molecule has 0 unspecified atom stereocenters. The molecule has 0 amide bonds. The predicted octanol–water partition coefficient (Wildman–Crippen LogP) is 10.5. The molecule has 0 fully saturated rings. The minimum absolute atomic E-state index is 0.0905. The number of benzene rings is 5. The van der Waals surface area contributed by atoms with E-state index in [4.69, 9.17) is 9.97 Å². The van der Waals surface area contributed by atoms with Crippen molar-refractivity contribution >= 4 is 0 Å². The molecular weight excluding hydrogens is 546 g/mol. The zero-order valence-electron chi connectivity index (χ0n) is 25.3. The summed E-state index contributed by atoms with van der Waals surface area (Å²) in [5.74, 6) is 0.708. The van der Waals surface area contributed by atoms with Gasteiger partial charge in [-0.1, -0.05) is 135 Å². The van der Waals surface area contributed by atoms with Crippen LogP contribution in [0.5, 0.6) is 0 Å². The Morgan fingerprint density at radius 3 is 1.89 bits per heavy atom. The summed E-state index contributed by atoms with van der Waals surface area (Å²) in [5.41, 5.74) is 14.6. The highest BCUT2D eigenvalue weighted by molar-refractivity contribution is 5.92. The van der Waals surface area contributed by atoms with Gasteiger partial charge in [0, 0.05) is 34.5 Å². The van der Waals surface area contributed by atoms with Crippen LogP contribution in [0.1, 0.15) is 25.0 Å². The van der Waals surface area contributed by atoms with Crippen molar-refractivity contribution in [3.05, 3.63) is 163 Å². The summed E-state index contributed by atoms with van der Waals surface area (Å²) < 4.78 is 0. The first-order valence-electron chi connectivity index (χ1n) is 15.4. The second-order valence-corrected chi connectivity index (χ2v) is 12.1. The van der Waals surface area contributed by atoms with Gasteiger partial charge in [0.2, 0.25) is 0 Å². The molecule has 214 valence electrons. The normalized spacial score (nSPS) is 12.8. The van der Waals surface area contributed by atoms with E-state index in [-0.39, 0.29) is 5.41 Å². The molecule has 0 aliphatic heterocycles. The van der Waals surface area contributed by atoms with E-state index in [0.29, 0.717) is 5.82 Å². The van der Waals surface area contributed by atoms with Crippen molar-refractivity contribution in [2.24, 2.45) is 0 Å². The highest BCUT2D eigenvalue weighted by Gasteiger charge is 2.36. The largest absolute Gasteiger partial charge is 0.264 e. The average Bonchev–Trinajstić information content (AvgIpc) is 3.35. The standard InChI is InChI=1S/C42H31N3/c1-42(2)36-18-7-6-16-34(36)40-35(17-9-19-37(40)42)39-26-38(30-22-20-29(21-23-30)33-15-10-24-43-27-33)44-41(45-39)32-14-8-13-31(25-32)28-11-4-3-5-12-28/h3-27H,1-2H3. The molecule has 5 aromatic carbocycles. The quantitative estimate of drug-likeness (QED) is 0.204. The van der Waals surface area contributed by atoms with Crippen molar-refractivity contribution in [3.8, 4) is 67.3 Å². The van der Waals surface area contributed by atoms with Gasteiger partial charge in [-0.15, -0.1) is 0 Å². The fourth-order valence-corrected chi connectivity index (χ4v) is 6.67. The topological polar surface area (TPSA) is 38.7 Å². The van der Waals surface area contributed by atoms with Crippen molar-refractivity contribution in [1.29, 1.82) is 0 Å². The molecule has 45 heavy (non-hydrogen) atoms. The minimum atomic E-state index is -0.0905. The molecule has 0 spiro atoms. The Labute approximate surface area is 264 Å². The number of pyridine rings is 1. The maximum Gasteiger partial charge on any atom is 0.160 e. The summed E-state index contributed by atoms with van der Waals surface area (Å²) in [4.78, 5) is 14.8. The van der Waals surface area contributed by atoms with Crippen molar-refractivity contribution in [2.45, 2.75) is 19.3 Å². The van der Waals surface area contributed by atoms with Crippen molar-refractivity contribution in [3.63, 3.8) is 0 Å². The first-order valence-corrected chi connectivity index (χ1v) is 15.4. The summed E-state index contributed by atoms with van der Waals surface area (Å²) in [6, 6.07) is 49.2. The van der Waals surface area contributed by atoms with Crippen molar-refractivity contribution in [1.82, 2.24) is 15.0 Å². The first kappa shape index (κ1) is 26.9. The van der Waals surface area contributed by atoms with Gasteiger partial charge in [-0.25, -0.2) is 9.97 Å². The van der Waals surface area contributed by atoms with Gasteiger partial charge in [-0.3, -0.25) is 4.98 Å². The Balaban J connectivity index is 1.32. The summed E-state index contributed by atoms with van der Waals surface area (Å²) in [5, 5.41) is 0. The zero-order valence-corrected chi connectivity index (χ0v) is 25.3. The summed E-state index contributed by atoms with van der Waals surface area (Å²) in [6.45, 7) is 4.63. The molecule has 2 aromatic heterocycles. The van der Waals surface area contributed by atoms with E-state index in [1.165, 1.54) is 27.8 Å². The Kier molecular flexibility index (Phi) is 6.46. The number of hydrogen-bond acceptors (Lipinski definition) is 3. The molecule has 0 radical (unpaired) electrons. The highest BCUT2D eigenvalue weighted by atomic mass is 14.9. The summed E-state index contributed by atoms with van der Waals surface area (Å²) in [6.07, 6.45) is 3.69. The summed E-state index contributed by atoms with van der Waals surface area (Å²) >= 11 is 0. The van der Waals surface area contributed by atoms with Gasteiger partial charge in [0.25, 0.3) is 0 Å². The van der Waals surface area contributed by atoms with E-state index >= 15 is 0 Å². The molecule has 8 rings (SSSR count). The lowest BCUT2D eigenvalue weighted by atomic mass is 9.82. The van der Waals surface area contributed by atoms with Gasteiger partial charge in [-0.2, -0.15) is 0 Å². The van der Waals surface area contributed by atoms with Crippen LogP contribution in [0.15, 0.2) is 152 Å². The monoisotopic (exact) mass is 577 g/mol. The Morgan fingerprint density at radius 2 is 1.07 bits per heavy atom. The van der Waals surface area contributed by atoms with E-state index in [2.05, 4.69) is 146 Å². The second kappa shape index (κ2) is 10.8. The Hall–Kier alpha value is -5.67. The van der Waals surface area contributed by atoms with Crippen LogP contribution in [-0.4, -0.2) is 15.0 Å². The molecular formula is C42H31N3. The second-order valence-electron chi connectivity index (χ2n) is 12.1. The number of rotatable bonds is 5. The van der Waals surface area contributed by atoms with Gasteiger partial charge in [0.1, 0.15) is 0 Å². The predicted molar refractivity (Wildman–Crippen MR) is 185 cm³/mol. The van der Waals surface area contributed by atoms with Crippen molar-refractivity contribution in [2.75, 3.05) is 0 Å². The molecule has 0 bridgehead atoms. The fourth-order valence-electron chi connectivity index (χ4n) is 6.67. The molecule has 0 atom stereocenters. The Morgan fingerprint density at radius 1 is 0.444 bits per heavy atom. The third-order valence-corrected chi connectivity index (χ3v) is 9.01. The maximum atomic E-state index is 5.28. The van der Waals surface area contributed by atoms with Gasteiger partial charge in [0.15, 0.2) is 5.82 Å². The van der Waals surface area contributed by atoms with Crippen LogP contribution in [0, 0.1) is 0 Å². The molecule has 0 saturated heterocycles. The van der Waals surface area contributed by atoms with Crippen LogP contribution < -0.4 is 0 Å². The van der Waals surface area contributed by atoms with Crippen LogP contribution in [-0.2, 0) is 5.41 Å². The van der Waals surface area contributed by atoms with E-state index in [1.807, 2.05) is 18.3 Å². The smallest absolute Gasteiger partial charge is 0.160 e. The lowest BCUT2D eigenvalue weighted by molar-refractivity contribution is 0.660. The highest BCUT2D eigenvalue weighted by Crippen LogP contribution is 2.52. The average molecular weight is 578 g/mol. The molecule has 1 aliphatic carbocycles. The number of fused-ring (bicyclic) bond motifs is 3. The number of nitrogens with zero attached hydrogens (tertiary/aromatic N) is 3. The van der Waals surface area contributed by atoms with Crippen LogP contribution in [0.4, 0.5) is 0 Å². The molecule has 0 saturated carbocycles. The van der Waals surface area contributed by atoms with E-state index < -0.39 is 0 Å². The molecule has 7 aromatic rings. The lowest BCUT2D eigenvalue weighted by Gasteiger charge is -2.21. The molecule has 1 aliphatic rings. The lowest BCUT2D eigenvalue weighted by Crippen LogP contribution is -2.14. The third kappa shape index (κ3) is 4.74. The summed E-state index contributed by atoms with van der Waals surface area (Å²) in [7, 11) is 0. The molecule has 0 N–H and O–H groups in total. The van der Waals surface area contributed by atoms with Gasteiger partial charge in [-0.05, 0) is 62.7 Å². The molecule has 2 heterocycles. The van der Waals surface area contributed by atoms with Gasteiger partial charge in [0.05, 0.1) is 11.4 Å². The van der Waals surface area contributed by atoms with Crippen LogP contribution in [0.3, 0.4) is 0 Å². The number of hydrogen-bond donors (Lipinski definition) is 0. The third-order valence-electron chi connectivity index (χ3n) is 9.01. The number of aromatic nitrogens is 3. The minimum Gasteiger partial charge on any atom is -0.264 e. The van der Waals surface area contributed by atoms with E-state index in [9.17, 15) is 0 Å². The van der Waals surface area contributed by atoms with Crippen LogP contribution in [0.25, 0.3) is 67.3 Å². The van der Waals surface area contributed by atoms with E-state index in [0.717, 1.165) is 44.8 Å². The Bertz CT molecular complexity index is 2170. The molecule has 3 heteroatoms. The zero-order chi connectivity index (χ0) is 30.4. The molecule has 3 nitrogen and oxygen atoms in total. The maximum absolute atomic E-state index is 5.28. The van der Waals surface area contributed by atoms with Crippen LogP contribution in [0.2, 0.25) is 0 Å². The van der Waals surface area contributed by atoms with Gasteiger partial charge < -0.3 is 0 Å². The fraction of sp³-hybridized carbons (Fsp3) is 0.0714. The van der Waals surface area contributed by atoms with Crippen LogP contribution >= 0.6 is 0 Å². The van der Waals surface area contributed by atoms with Gasteiger partial charge >= 0.3 is 0 Å². The van der Waals surface area contributed by atoms with E-state index in [1.54, 1.807) is 6.20 Å². The van der Waals surface area contributed by atoms with Crippen molar-refractivity contribution < 1.29 is 0 Å². The SMILES string of the molecule is CC1(C)c2ccccc2-c2c(-c3cc(-c4ccc(-c5cccnc5)cc4)nc(-c4cccc(-c5ccccc5)c4)n3)cccc21. The first-order chi connectivity index (χ1) is 22.1.